The first-order valence-electron chi connectivity index (χ1n) is 7.72. The van der Waals surface area contributed by atoms with Gasteiger partial charge in [0, 0.05) is 30.9 Å². The summed E-state index contributed by atoms with van der Waals surface area (Å²) in [6.07, 6.45) is 3.70. The first-order chi connectivity index (χ1) is 11.7. The van der Waals surface area contributed by atoms with Gasteiger partial charge in [-0.1, -0.05) is 6.07 Å². The Morgan fingerprint density at radius 1 is 1.29 bits per heavy atom. The molecule has 2 N–H and O–H groups in total. The number of hydrogen-bond acceptors (Lipinski definition) is 5. The number of nitrogens with one attached hydrogen (secondary N) is 1. The molecule has 0 radical (unpaired) electrons. The van der Waals surface area contributed by atoms with Crippen LogP contribution in [0.25, 0.3) is 16.7 Å². The highest BCUT2D eigenvalue weighted by Crippen LogP contribution is 2.20. The van der Waals surface area contributed by atoms with Gasteiger partial charge in [0.05, 0.1) is 17.8 Å². The van der Waals surface area contributed by atoms with Gasteiger partial charge in [0.1, 0.15) is 5.82 Å². The highest BCUT2D eigenvalue weighted by atomic mass is 16.4. The topological polar surface area (TPSA) is 96.2 Å². The predicted octanol–water partition coefficient (Wildman–Crippen LogP) is 1.79. The van der Waals surface area contributed by atoms with E-state index in [1.807, 2.05) is 24.4 Å². The van der Waals surface area contributed by atoms with Crippen molar-refractivity contribution in [1.82, 2.24) is 25.1 Å². The van der Waals surface area contributed by atoms with E-state index in [4.69, 9.17) is 5.11 Å². The average Bonchev–Trinajstić information content (AvgIpc) is 2.95. The standard InChI is InChI=1S/C16H16N6O2/c23-16(24)18-9-12-7-13-11(8-17-12)10-22(20-13)15-4-1-3-14(19-15)21-5-2-6-21/h1,3-4,7-8,10,18H,2,5-6,9H2,(H,23,24). The van der Waals surface area contributed by atoms with Crippen molar-refractivity contribution in [3.05, 3.63) is 42.4 Å². The molecule has 4 rings (SSSR count). The lowest BCUT2D eigenvalue weighted by Crippen LogP contribution is -2.37. The molecule has 3 aromatic heterocycles. The SMILES string of the molecule is O=C(O)NCc1cc2nn(-c3cccc(N4CCC4)n3)cc2cn1. The number of aromatic nitrogens is 4. The summed E-state index contributed by atoms with van der Waals surface area (Å²) in [4.78, 5) is 21.7. The Morgan fingerprint density at radius 2 is 2.12 bits per heavy atom. The van der Waals surface area contributed by atoms with Gasteiger partial charge in [-0.3, -0.25) is 4.98 Å². The first-order valence-corrected chi connectivity index (χ1v) is 7.72. The molecule has 8 heteroatoms. The Hall–Kier alpha value is -3.16. The lowest BCUT2D eigenvalue weighted by molar-refractivity contribution is 0.194. The Labute approximate surface area is 137 Å². The molecule has 1 saturated heterocycles. The van der Waals surface area contributed by atoms with Crippen molar-refractivity contribution in [2.24, 2.45) is 0 Å². The van der Waals surface area contributed by atoms with Crippen LogP contribution in [0.2, 0.25) is 0 Å². The smallest absolute Gasteiger partial charge is 0.404 e. The van der Waals surface area contributed by atoms with E-state index in [1.165, 1.54) is 6.42 Å². The lowest BCUT2D eigenvalue weighted by Gasteiger charge is -2.32. The Bertz CT molecular complexity index is 902. The second-order valence-electron chi connectivity index (χ2n) is 5.66. The minimum Gasteiger partial charge on any atom is -0.465 e. The number of amides is 1. The van der Waals surface area contributed by atoms with Crippen LogP contribution in [0, 0.1) is 0 Å². The van der Waals surface area contributed by atoms with E-state index in [0.717, 1.165) is 35.6 Å². The van der Waals surface area contributed by atoms with Gasteiger partial charge in [-0.25, -0.2) is 14.5 Å². The highest BCUT2D eigenvalue weighted by Gasteiger charge is 2.16. The van der Waals surface area contributed by atoms with Crippen molar-refractivity contribution in [3.8, 4) is 5.82 Å². The molecule has 0 bridgehead atoms. The van der Waals surface area contributed by atoms with E-state index in [9.17, 15) is 4.79 Å². The van der Waals surface area contributed by atoms with E-state index in [2.05, 4.69) is 25.3 Å². The van der Waals surface area contributed by atoms with Crippen LogP contribution in [0.15, 0.2) is 36.7 Å². The Morgan fingerprint density at radius 3 is 2.88 bits per heavy atom. The van der Waals surface area contributed by atoms with Crippen molar-refractivity contribution >= 4 is 22.8 Å². The number of nitrogens with zero attached hydrogens (tertiary/aromatic N) is 5. The molecule has 1 aliphatic heterocycles. The largest absolute Gasteiger partial charge is 0.465 e. The van der Waals surface area contributed by atoms with Gasteiger partial charge in [-0.2, -0.15) is 5.10 Å². The minimum absolute atomic E-state index is 0.154. The molecule has 24 heavy (non-hydrogen) atoms. The maximum atomic E-state index is 10.6. The number of fused-ring (bicyclic) bond motifs is 1. The molecule has 0 saturated carbocycles. The quantitative estimate of drug-likeness (QED) is 0.759. The zero-order valence-corrected chi connectivity index (χ0v) is 12.9. The monoisotopic (exact) mass is 324 g/mol. The summed E-state index contributed by atoms with van der Waals surface area (Å²) in [5, 5.41) is 16.4. The second kappa shape index (κ2) is 5.80. The van der Waals surface area contributed by atoms with Crippen LogP contribution in [0.1, 0.15) is 12.1 Å². The third kappa shape index (κ3) is 2.73. The Kier molecular flexibility index (Phi) is 3.49. The normalized spacial score (nSPS) is 13.8. The molecule has 122 valence electrons. The van der Waals surface area contributed by atoms with Gasteiger partial charge in [-0.05, 0) is 24.6 Å². The summed E-state index contributed by atoms with van der Waals surface area (Å²) in [6, 6.07) is 7.67. The maximum Gasteiger partial charge on any atom is 0.404 e. The molecule has 4 heterocycles. The van der Waals surface area contributed by atoms with Crippen LogP contribution >= 0.6 is 0 Å². The number of carboxylic acid groups (broad SMARTS) is 1. The fourth-order valence-corrected chi connectivity index (χ4v) is 2.60. The highest BCUT2D eigenvalue weighted by molar-refractivity contribution is 5.78. The zero-order valence-electron chi connectivity index (χ0n) is 12.9. The van der Waals surface area contributed by atoms with Crippen molar-refractivity contribution in [1.29, 1.82) is 0 Å². The second-order valence-corrected chi connectivity index (χ2v) is 5.66. The van der Waals surface area contributed by atoms with Crippen LogP contribution in [0.3, 0.4) is 0 Å². The van der Waals surface area contributed by atoms with Gasteiger partial charge in [0.25, 0.3) is 0 Å². The summed E-state index contributed by atoms with van der Waals surface area (Å²) >= 11 is 0. The Balaban J connectivity index is 1.63. The van der Waals surface area contributed by atoms with Crippen LogP contribution in [0.5, 0.6) is 0 Å². The molecule has 1 amide bonds. The van der Waals surface area contributed by atoms with E-state index >= 15 is 0 Å². The van der Waals surface area contributed by atoms with E-state index in [0.29, 0.717) is 5.69 Å². The fourth-order valence-electron chi connectivity index (χ4n) is 2.60. The fraction of sp³-hybridized carbons (Fsp3) is 0.250. The maximum absolute atomic E-state index is 10.6. The van der Waals surface area contributed by atoms with Crippen LogP contribution in [-0.2, 0) is 6.54 Å². The molecular formula is C16H16N6O2. The van der Waals surface area contributed by atoms with Gasteiger partial charge in [0.2, 0.25) is 0 Å². The molecular weight excluding hydrogens is 308 g/mol. The lowest BCUT2D eigenvalue weighted by atomic mass is 10.2. The molecule has 1 aliphatic rings. The van der Waals surface area contributed by atoms with Gasteiger partial charge in [0.15, 0.2) is 5.82 Å². The average molecular weight is 324 g/mol. The molecule has 3 aromatic rings. The van der Waals surface area contributed by atoms with Crippen LogP contribution < -0.4 is 10.2 Å². The predicted molar refractivity (Wildman–Crippen MR) is 88.4 cm³/mol. The number of carbonyl (C=O) groups is 1. The van der Waals surface area contributed by atoms with Crippen molar-refractivity contribution < 1.29 is 9.90 Å². The third-order valence-corrected chi connectivity index (χ3v) is 4.00. The molecule has 0 atom stereocenters. The third-order valence-electron chi connectivity index (χ3n) is 4.00. The number of pyridine rings is 2. The van der Waals surface area contributed by atoms with Gasteiger partial charge < -0.3 is 15.3 Å². The molecule has 0 aliphatic carbocycles. The molecule has 0 aromatic carbocycles. The summed E-state index contributed by atoms with van der Waals surface area (Å²) < 4.78 is 1.73. The van der Waals surface area contributed by atoms with Gasteiger partial charge in [-0.15, -0.1) is 0 Å². The minimum atomic E-state index is -1.07. The summed E-state index contributed by atoms with van der Waals surface area (Å²) in [5.41, 5.74) is 1.38. The summed E-state index contributed by atoms with van der Waals surface area (Å²) in [7, 11) is 0. The molecule has 0 spiro atoms. The van der Waals surface area contributed by atoms with Crippen LogP contribution in [0.4, 0.5) is 10.6 Å². The first kappa shape index (κ1) is 14.4. The number of rotatable bonds is 4. The summed E-state index contributed by atoms with van der Waals surface area (Å²) in [5.74, 6) is 1.71. The molecule has 0 unspecified atom stereocenters. The van der Waals surface area contributed by atoms with Crippen molar-refractivity contribution in [3.63, 3.8) is 0 Å². The van der Waals surface area contributed by atoms with Gasteiger partial charge >= 0.3 is 6.09 Å². The number of anilines is 1. The van der Waals surface area contributed by atoms with Crippen molar-refractivity contribution in [2.75, 3.05) is 18.0 Å². The van der Waals surface area contributed by atoms with E-state index < -0.39 is 6.09 Å². The van der Waals surface area contributed by atoms with Crippen molar-refractivity contribution in [2.45, 2.75) is 13.0 Å². The van der Waals surface area contributed by atoms with Crippen LogP contribution in [-0.4, -0.2) is 44.0 Å². The van der Waals surface area contributed by atoms with E-state index in [1.54, 1.807) is 16.9 Å². The molecule has 1 fully saturated rings. The zero-order chi connectivity index (χ0) is 16.5. The number of hydrogen-bond donors (Lipinski definition) is 2. The molecule has 8 nitrogen and oxygen atoms in total. The summed E-state index contributed by atoms with van der Waals surface area (Å²) in [6.45, 7) is 2.24. The van der Waals surface area contributed by atoms with E-state index in [-0.39, 0.29) is 6.54 Å².